The van der Waals surface area contributed by atoms with Gasteiger partial charge >= 0.3 is 6.18 Å². The van der Waals surface area contributed by atoms with Crippen LogP contribution < -0.4 is 15.1 Å². The number of thiocarbonyl (C=S) groups is 1. The smallest absolute Gasteiger partial charge is 0.336 e. The maximum absolute atomic E-state index is 15.1. The van der Waals surface area contributed by atoms with Crippen LogP contribution in [0.1, 0.15) is 35.3 Å². The summed E-state index contributed by atoms with van der Waals surface area (Å²) in [6.45, 7) is 5.10. The van der Waals surface area contributed by atoms with Gasteiger partial charge in [0.05, 0.1) is 28.4 Å². The number of carbonyl (C=O) groups is 2. The van der Waals surface area contributed by atoms with Crippen LogP contribution in [0, 0.1) is 17.1 Å². The molecular weight excluding hydrogens is 534 g/mol. The summed E-state index contributed by atoms with van der Waals surface area (Å²) in [6, 6.07) is 8.20. The first kappa shape index (κ1) is 28.3. The lowest BCUT2D eigenvalue weighted by Gasteiger charge is -2.30. The summed E-state index contributed by atoms with van der Waals surface area (Å²) < 4.78 is 55.6. The average Bonchev–Trinajstić information content (AvgIpc) is 3.01. The predicted molar refractivity (Wildman–Crippen MR) is 135 cm³/mol. The highest BCUT2D eigenvalue weighted by Crippen LogP contribution is 2.40. The summed E-state index contributed by atoms with van der Waals surface area (Å²) >= 11 is 5.46. The van der Waals surface area contributed by atoms with Crippen LogP contribution in [0.15, 0.2) is 36.4 Å². The minimum absolute atomic E-state index is 0. The molecule has 2 aliphatic heterocycles. The van der Waals surface area contributed by atoms with Gasteiger partial charge in [0.15, 0.2) is 5.11 Å². The fourth-order valence-electron chi connectivity index (χ4n) is 4.31. The molecule has 0 saturated carbocycles. The second-order valence-corrected chi connectivity index (χ2v) is 9.23. The Morgan fingerprint density at radius 2 is 1.73 bits per heavy atom. The van der Waals surface area contributed by atoms with Crippen LogP contribution in [0.4, 0.5) is 28.9 Å². The van der Waals surface area contributed by atoms with E-state index in [0.717, 1.165) is 17.0 Å². The van der Waals surface area contributed by atoms with E-state index in [1.165, 1.54) is 47.9 Å². The van der Waals surface area contributed by atoms with Gasteiger partial charge in [-0.25, -0.2) is 4.39 Å². The van der Waals surface area contributed by atoms with Crippen LogP contribution in [-0.2, 0) is 11.0 Å². The molecule has 0 aromatic heterocycles. The molecule has 2 fully saturated rings. The second kappa shape index (κ2) is 10.2. The van der Waals surface area contributed by atoms with Crippen molar-refractivity contribution in [1.82, 2.24) is 10.2 Å². The van der Waals surface area contributed by atoms with Crippen LogP contribution in [0.25, 0.3) is 0 Å². The number of carbonyl (C=O) groups excluding carboxylic acids is 2. The molecule has 0 bridgehead atoms. The molecule has 2 aromatic carbocycles. The van der Waals surface area contributed by atoms with E-state index in [4.69, 9.17) is 17.5 Å². The largest absolute Gasteiger partial charge is 0.417 e. The van der Waals surface area contributed by atoms with Gasteiger partial charge in [-0.1, -0.05) is 0 Å². The van der Waals surface area contributed by atoms with Gasteiger partial charge in [-0.3, -0.25) is 14.5 Å². The molecular formula is C24H22ClF4N5O2S. The zero-order valence-corrected chi connectivity index (χ0v) is 21.4. The third kappa shape index (κ3) is 4.99. The standard InChI is InChI=1S/C24H21F4N5O2S.ClH/c1-23(2)21(35)32(15-4-3-14(13-29)18(11-15)24(26,27)28)22(36)33(23)16-5-6-17(19(25)12-16)20(34)31-9-7-30-8-10-31;/h3-6,11-12,30H,7-10H2,1-2H3;1H. The Morgan fingerprint density at radius 1 is 1.11 bits per heavy atom. The number of alkyl halides is 3. The molecule has 13 heteroatoms. The summed E-state index contributed by atoms with van der Waals surface area (Å²) in [5.74, 6) is -1.90. The second-order valence-electron chi connectivity index (χ2n) is 8.86. The summed E-state index contributed by atoms with van der Waals surface area (Å²) in [6.07, 6.45) is -4.82. The van der Waals surface area contributed by atoms with Gasteiger partial charge < -0.3 is 15.1 Å². The van der Waals surface area contributed by atoms with Crippen molar-refractivity contribution >= 4 is 52.9 Å². The molecule has 7 nitrogen and oxygen atoms in total. The molecule has 4 rings (SSSR count). The number of rotatable bonds is 3. The molecule has 2 aromatic rings. The minimum Gasteiger partial charge on any atom is -0.336 e. The van der Waals surface area contributed by atoms with Gasteiger partial charge in [-0.15, -0.1) is 12.4 Å². The topological polar surface area (TPSA) is 79.7 Å². The SMILES string of the molecule is CC1(C)C(=O)N(c2ccc(C#N)c(C(F)(F)F)c2)C(=S)N1c1ccc(C(=O)N2CCNCC2)c(F)c1.Cl. The van der Waals surface area contributed by atoms with E-state index in [2.05, 4.69) is 5.32 Å². The average molecular weight is 556 g/mol. The van der Waals surface area contributed by atoms with E-state index in [1.54, 1.807) is 0 Å². The summed E-state index contributed by atoms with van der Waals surface area (Å²) in [4.78, 5) is 29.8. The van der Waals surface area contributed by atoms with E-state index in [-0.39, 0.29) is 34.5 Å². The van der Waals surface area contributed by atoms with Gasteiger partial charge in [-0.2, -0.15) is 18.4 Å². The van der Waals surface area contributed by atoms with Crippen molar-refractivity contribution in [2.24, 2.45) is 0 Å². The fraction of sp³-hybridized carbons (Fsp3) is 0.333. The highest BCUT2D eigenvalue weighted by atomic mass is 35.5. The van der Waals surface area contributed by atoms with E-state index in [0.29, 0.717) is 32.2 Å². The molecule has 0 unspecified atom stereocenters. The van der Waals surface area contributed by atoms with E-state index < -0.39 is 40.5 Å². The Morgan fingerprint density at radius 3 is 2.30 bits per heavy atom. The number of halogens is 5. The quantitative estimate of drug-likeness (QED) is 0.454. The fourth-order valence-corrected chi connectivity index (χ4v) is 4.84. The van der Waals surface area contributed by atoms with Crippen molar-refractivity contribution in [2.45, 2.75) is 25.6 Å². The molecule has 0 aliphatic carbocycles. The summed E-state index contributed by atoms with van der Waals surface area (Å²) in [5.41, 5.74) is -3.30. The Kier molecular flexibility index (Phi) is 7.83. The Hall–Kier alpha value is -3.27. The monoisotopic (exact) mass is 555 g/mol. The molecule has 2 saturated heterocycles. The number of hydrogen-bond acceptors (Lipinski definition) is 5. The first-order chi connectivity index (χ1) is 16.9. The number of hydrogen-bond donors (Lipinski definition) is 1. The molecule has 0 atom stereocenters. The maximum Gasteiger partial charge on any atom is 0.417 e. The van der Waals surface area contributed by atoms with E-state index in [9.17, 15) is 22.8 Å². The van der Waals surface area contributed by atoms with E-state index in [1.807, 2.05) is 0 Å². The van der Waals surface area contributed by atoms with Crippen LogP contribution in [0.3, 0.4) is 0 Å². The van der Waals surface area contributed by atoms with Crippen LogP contribution in [0.2, 0.25) is 0 Å². The van der Waals surface area contributed by atoms with Gasteiger partial charge in [0.25, 0.3) is 11.8 Å². The van der Waals surface area contributed by atoms with Crippen molar-refractivity contribution in [3.05, 3.63) is 58.9 Å². The van der Waals surface area contributed by atoms with Crippen LogP contribution in [-0.4, -0.2) is 53.5 Å². The van der Waals surface area contributed by atoms with Gasteiger partial charge in [0, 0.05) is 31.9 Å². The zero-order valence-electron chi connectivity index (χ0n) is 19.7. The summed E-state index contributed by atoms with van der Waals surface area (Å²) in [5, 5.41) is 12.0. The number of nitrogens with one attached hydrogen (secondary N) is 1. The maximum atomic E-state index is 15.1. The lowest BCUT2D eigenvalue weighted by Crippen LogP contribution is -2.46. The molecule has 2 aliphatic rings. The third-order valence-corrected chi connectivity index (χ3v) is 6.57. The number of nitriles is 1. The van der Waals surface area contributed by atoms with Crippen LogP contribution in [0.5, 0.6) is 0 Å². The molecule has 2 heterocycles. The van der Waals surface area contributed by atoms with Gasteiger partial charge in [0.2, 0.25) is 0 Å². The van der Waals surface area contributed by atoms with Crippen molar-refractivity contribution in [3.8, 4) is 6.07 Å². The zero-order chi connectivity index (χ0) is 26.4. The number of anilines is 2. The van der Waals surface area contributed by atoms with Crippen molar-refractivity contribution in [1.29, 1.82) is 5.26 Å². The highest BCUT2D eigenvalue weighted by molar-refractivity contribution is 7.81. The van der Waals surface area contributed by atoms with Crippen LogP contribution >= 0.6 is 24.6 Å². The lowest BCUT2D eigenvalue weighted by molar-refractivity contribution is -0.137. The van der Waals surface area contributed by atoms with Crippen molar-refractivity contribution < 1.29 is 27.2 Å². The molecule has 0 radical (unpaired) electrons. The Balaban J connectivity index is 0.00000380. The molecule has 196 valence electrons. The molecule has 0 spiro atoms. The third-order valence-electron chi connectivity index (χ3n) is 6.20. The normalized spacial score (nSPS) is 17.5. The summed E-state index contributed by atoms with van der Waals surface area (Å²) in [7, 11) is 0. The van der Waals surface area contributed by atoms with Gasteiger partial charge in [-0.05, 0) is 62.5 Å². The van der Waals surface area contributed by atoms with Gasteiger partial charge in [0.1, 0.15) is 11.4 Å². The Labute approximate surface area is 222 Å². The number of piperazine rings is 1. The van der Waals surface area contributed by atoms with E-state index >= 15 is 4.39 Å². The van der Waals surface area contributed by atoms with Crippen molar-refractivity contribution in [3.63, 3.8) is 0 Å². The number of amides is 2. The number of benzene rings is 2. The molecule has 1 N–H and O–H groups in total. The predicted octanol–water partition coefficient (Wildman–Crippen LogP) is 4.10. The highest BCUT2D eigenvalue weighted by Gasteiger charge is 2.51. The van der Waals surface area contributed by atoms with Crippen molar-refractivity contribution in [2.75, 3.05) is 36.0 Å². The molecule has 2 amide bonds. The first-order valence-electron chi connectivity index (χ1n) is 11.0. The Bertz CT molecular complexity index is 1310. The minimum atomic E-state index is -4.82. The first-order valence-corrected chi connectivity index (χ1v) is 11.4. The lowest BCUT2D eigenvalue weighted by atomic mass is 10.0. The number of nitrogens with zero attached hydrogens (tertiary/aromatic N) is 4. The molecule has 37 heavy (non-hydrogen) atoms.